The quantitative estimate of drug-likeness (QED) is 0.401. The van der Waals surface area contributed by atoms with Crippen molar-refractivity contribution in [3.05, 3.63) is 65.2 Å². The lowest BCUT2D eigenvalue weighted by molar-refractivity contribution is -0.118. The minimum atomic E-state index is -0.210. The summed E-state index contributed by atoms with van der Waals surface area (Å²) < 4.78 is 1.84. The predicted octanol–water partition coefficient (Wildman–Crippen LogP) is 3.38. The third-order valence-electron chi connectivity index (χ3n) is 3.47. The molecule has 3 aromatic rings. The highest BCUT2D eigenvalue weighted by Gasteiger charge is 2.12. The molecule has 0 radical (unpaired) electrons. The smallest absolute Gasteiger partial charge is 0.250 e. The van der Waals surface area contributed by atoms with E-state index in [1.807, 2.05) is 54.1 Å². The van der Waals surface area contributed by atoms with E-state index in [2.05, 4.69) is 20.7 Å². The average Bonchev–Trinajstić information content (AvgIpc) is 3.02. The van der Waals surface area contributed by atoms with Gasteiger partial charge in [-0.15, -0.1) is 10.2 Å². The summed E-state index contributed by atoms with van der Waals surface area (Å²) in [6.45, 7) is 0. The highest BCUT2D eigenvalue weighted by atomic mass is 35.5. The monoisotopic (exact) mass is 385 g/mol. The van der Waals surface area contributed by atoms with Crippen LogP contribution >= 0.6 is 23.4 Å². The van der Waals surface area contributed by atoms with E-state index in [-0.39, 0.29) is 11.7 Å². The van der Waals surface area contributed by atoms with Crippen molar-refractivity contribution in [2.24, 2.45) is 12.1 Å². The minimum Gasteiger partial charge on any atom is -0.305 e. The Bertz CT molecular complexity index is 909. The highest BCUT2D eigenvalue weighted by Crippen LogP contribution is 2.23. The first-order valence-corrected chi connectivity index (χ1v) is 9.15. The summed E-state index contributed by atoms with van der Waals surface area (Å²) in [4.78, 5) is 11.9. The Morgan fingerprint density at radius 1 is 1.19 bits per heavy atom. The Morgan fingerprint density at radius 3 is 2.65 bits per heavy atom. The fourth-order valence-corrected chi connectivity index (χ4v) is 3.00. The minimum absolute atomic E-state index is 0.193. The Hall–Kier alpha value is -2.64. The second-order valence-electron chi connectivity index (χ2n) is 5.36. The van der Waals surface area contributed by atoms with Crippen LogP contribution in [0.5, 0.6) is 0 Å². The summed E-state index contributed by atoms with van der Waals surface area (Å²) in [7, 11) is 1.86. The van der Waals surface area contributed by atoms with E-state index < -0.39 is 0 Å². The molecule has 1 aromatic heterocycles. The van der Waals surface area contributed by atoms with Crippen LogP contribution in [-0.4, -0.2) is 32.6 Å². The summed E-state index contributed by atoms with van der Waals surface area (Å²) in [5.41, 5.74) is 4.33. The van der Waals surface area contributed by atoms with Gasteiger partial charge in [-0.05, 0) is 29.8 Å². The SMILES string of the molecule is Cn1c(SCC(=O)N/N=C\c2ccccc2)nnc1-c1ccc(Cl)cc1. The van der Waals surface area contributed by atoms with Crippen molar-refractivity contribution in [2.45, 2.75) is 5.16 Å². The van der Waals surface area contributed by atoms with Crippen LogP contribution in [-0.2, 0) is 11.8 Å². The van der Waals surface area contributed by atoms with Crippen molar-refractivity contribution in [2.75, 3.05) is 5.75 Å². The molecule has 0 unspecified atom stereocenters. The standard InChI is InChI=1S/C18H16ClN5OS/c1-24-17(14-7-9-15(19)10-8-14)22-23-18(24)26-12-16(25)21-20-11-13-5-3-2-4-6-13/h2-11H,12H2,1H3,(H,21,25)/b20-11-. The molecule has 8 heteroatoms. The van der Waals surface area contributed by atoms with Crippen molar-refractivity contribution in [3.63, 3.8) is 0 Å². The summed E-state index contributed by atoms with van der Waals surface area (Å²) in [5.74, 6) is 0.698. The summed E-state index contributed by atoms with van der Waals surface area (Å²) in [5, 5.41) is 13.6. The zero-order valence-corrected chi connectivity index (χ0v) is 15.5. The molecule has 0 aliphatic rings. The van der Waals surface area contributed by atoms with Crippen LogP contribution < -0.4 is 5.43 Å². The molecule has 0 aliphatic heterocycles. The van der Waals surface area contributed by atoms with E-state index in [0.717, 1.165) is 11.1 Å². The zero-order chi connectivity index (χ0) is 18.4. The van der Waals surface area contributed by atoms with Crippen molar-refractivity contribution < 1.29 is 4.79 Å². The molecule has 0 bridgehead atoms. The lowest BCUT2D eigenvalue weighted by Crippen LogP contribution is -2.19. The van der Waals surface area contributed by atoms with Crippen LogP contribution in [0.25, 0.3) is 11.4 Å². The molecule has 0 atom stereocenters. The maximum atomic E-state index is 11.9. The van der Waals surface area contributed by atoms with Crippen molar-refractivity contribution in [1.29, 1.82) is 0 Å². The normalized spacial score (nSPS) is 11.0. The molecule has 6 nitrogen and oxygen atoms in total. The maximum Gasteiger partial charge on any atom is 0.250 e. The molecule has 0 fully saturated rings. The number of halogens is 1. The molecule has 26 heavy (non-hydrogen) atoms. The molecule has 1 amide bonds. The van der Waals surface area contributed by atoms with E-state index in [9.17, 15) is 4.79 Å². The van der Waals surface area contributed by atoms with Gasteiger partial charge in [-0.1, -0.05) is 53.7 Å². The van der Waals surface area contributed by atoms with E-state index in [1.54, 1.807) is 18.3 Å². The second-order valence-corrected chi connectivity index (χ2v) is 6.74. The van der Waals surface area contributed by atoms with Crippen LogP contribution in [0, 0.1) is 0 Å². The molecule has 1 N–H and O–H groups in total. The first-order chi connectivity index (χ1) is 12.6. The number of amides is 1. The lowest BCUT2D eigenvalue weighted by atomic mass is 10.2. The predicted molar refractivity (Wildman–Crippen MR) is 104 cm³/mol. The molecule has 3 rings (SSSR count). The number of hydrogen-bond donors (Lipinski definition) is 1. The van der Waals surface area contributed by atoms with Crippen molar-refractivity contribution in [1.82, 2.24) is 20.2 Å². The van der Waals surface area contributed by atoms with E-state index in [1.165, 1.54) is 11.8 Å². The third kappa shape index (κ3) is 4.71. The Balaban J connectivity index is 1.55. The number of rotatable bonds is 6. The van der Waals surface area contributed by atoms with Crippen LogP contribution in [0.1, 0.15) is 5.56 Å². The van der Waals surface area contributed by atoms with Gasteiger partial charge >= 0.3 is 0 Å². The lowest BCUT2D eigenvalue weighted by Gasteiger charge is -2.03. The number of hydrogen-bond acceptors (Lipinski definition) is 5. The van der Waals surface area contributed by atoms with Gasteiger partial charge in [0.1, 0.15) is 0 Å². The number of benzene rings is 2. The van der Waals surface area contributed by atoms with E-state index in [0.29, 0.717) is 16.0 Å². The van der Waals surface area contributed by atoms with Gasteiger partial charge in [0.25, 0.3) is 5.91 Å². The molecule has 0 spiro atoms. The fourth-order valence-electron chi connectivity index (χ4n) is 2.17. The number of carbonyl (C=O) groups excluding carboxylic acids is 1. The molecule has 0 saturated heterocycles. The first-order valence-electron chi connectivity index (χ1n) is 7.78. The topological polar surface area (TPSA) is 72.2 Å². The number of nitrogens with one attached hydrogen (secondary N) is 1. The number of aromatic nitrogens is 3. The maximum absolute atomic E-state index is 11.9. The zero-order valence-electron chi connectivity index (χ0n) is 14.0. The molecule has 0 aliphatic carbocycles. The molecular formula is C18H16ClN5OS. The van der Waals surface area contributed by atoms with Gasteiger partial charge in [0.2, 0.25) is 0 Å². The highest BCUT2D eigenvalue weighted by molar-refractivity contribution is 7.99. The van der Waals surface area contributed by atoms with Crippen LogP contribution in [0.15, 0.2) is 64.9 Å². The average molecular weight is 386 g/mol. The molecule has 2 aromatic carbocycles. The molecule has 0 saturated carbocycles. The fraction of sp³-hybridized carbons (Fsp3) is 0.111. The van der Waals surface area contributed by atoms with Crippen LogP contribution in [0.3, 0.4) is 0 Å². The second kappa shape index (κ2) is 8.64. The molecule has 1 heterocycles. The molecular weight excluding hydrogens is 370 g/mol. The van der Waals surface area contributed by atoms with Crippen LogP contribution in [0.4, 0.5) is 0 Å². The van der Waals surface area contributed by atoms with Gasteiger partial charge in [-0.2, -0.15) is 5.10 Å². The van der Waals surface area contributed by atoms with E-state index >= 15 is 0 Å². The Labute approximate surface area is 160 Å². The summed E-state index contributed by atoms with van der Waals surface area (Å²) >= 11 is 7.20. The third-order valence-corrected chi connectivity index (χ3v) is 4.74. The van der Waals surface area contributed by atoms with Gasteiger partial charge < -0.3 is 4.57 Å². The van der Waals surface area contributed by atoms with Gasteiger partial charge in [-0.25, -0.2) is 5.43 Å². The Kier molecular flexibility index (Phi) is 6.04. The van der Waals surface area contributed by atoms with Gasteiger partial charge in [-0.3, -0.25) is 4.79 Å². The number of thioether (sulfide) groups is 1. The van der Waals surface area contributed by atoms with Crippen LogP contribution in [0.2, 0.25) is 5.02 Å². The van der Waals surface area contributed by atoms with Crippen molar-refractivity contribution in [3.8, 4) is 11.4 Å². The molecule has 132 valence electrons. The number of carbonyl (C=O) groups is 1. The van der Waals surface area contributed by atoms with Gasteiger partial charge in [0.15, 0.2) is 11.0 Å². The number of hydrazone groups is 1. The van der Waals surface area contributed by atoms with Crippen molar-refractivity contribution >= 4 is 35.5 Å². The van der Waals surface area contributed by atoms with E-state index in [4.69, 9.17) is 11.6 Å². The summed E-state index contributed by atoms with van der Waals surface area (Å²) in [6.07, 6.45) is 1.60. The largest absolute Gasteiger partial charge is 0.305 e. The van der Waals surface area contributed by atoms with Gasteiger partial charge in [0, 0.05) is 17.6 Å². The van der Waals surface area contributed by atoms with Gasteiger partial charge in [0.05, 0.1) is 12.0 Å². The number of nitrogens with zero attached hydrogens (tertiary/aromatic N) is 4. The Morgan fingerprint density at radius 2 is 1.92 bits per heavy atom. The summed E-state index contributed by atoms with van der Waals surface area (Å²) in [6, 6.07) is 16.9. The first kappa shape index (κ1) is 18.2.